The molecule has 0 aliphatic heterocycles. The summed E-state index contributed by atoms with van der Waals surface area (Å²) in [7, 11) is -4.11. The predicted octanol–water partition coefficient (Wildman–Crippen LogP) is 1.92. The monoisotopic (exact) mass is 368 g/mol. The molecule has 0 atom stereocenters. The highest BCUT2D eigenvalue weighted by molar-refractivity contribution is 14.1. The summed E-state index contributed by atoms with van der Waals surface area (Å²) in [5.74, 6) is 0. The van der Waals surface area contributed by atoms with Crippen LogP contribution >= 0.6 is 34.2 Å². The molecule has 0 fully saturated rings. The van der Waals surface area contributed by atoms with Gasteiger partial charge in [-0.1, -0.05) is 11.6 Å². The molecule has 2 N–H and O–H groups in total. The van der Waals surface area contributed by atoms with Crippen LogP contribution in [0.3, 0.4) is 0 Å². The molecule has 9 heteroatoms. The van der Waals surface area contributed by atoms with Gasteiger partial charge >= 0.3 is 0 Å². The van der Waals surface area contributed by atoms with Gasteiger partial charge in [0.25, 0.3) is 16.4 Å². The summed E-state index contributed by atoms with van der Waals surface area (Å²) in [5.41, 5.74) is -0.597. The summed E-state index contributed by atoms with van der Waals surface area (Å²) < 4.78 is 46.6. The lowest BCUT2D eigenvalue weighted by Crippen LogP contribution is -2.15. The van der Waals surface area contributed by atoms with Gasteiger partial charge in [0.15, 0.2) is 5.03 Å². The Labute approximate surface area is 103 Å². The van der Waals surface area contributed by atoms with Crippen LogP contribution in [0.1, 0.15) is 12.0 Å². The van der Waals surface area contributed by atoms with Gasteiger partial charge < -0.3 is 0 Å². The highest BCUT2D eigenvalue weighted by Gasteiger charge is 2.20. The molecule has 1 heterocycles. The summed E-state index contributed by atoms with van der Waals surface area (Å²) in [6.45, 7) is 0. The molecule has 0 radical (unpaired) electrons. The minimum absolute atomic E-state index is 0.0314. The van der Waals surface area contributed by atoms with Crippen molar-refractivity contribution in [3.05, 3.63) is 20.4 Å². The Bertz CT molecular complexity index is 494. The van der Waals surface area contributed by atoms with E-state index in [1.165, 1.54) is 0 Å². The van der Waals surface area contributed by atoms with Crippen molar-refractivity contribution in [1.82, 2.24) is 4.98 Å². The zero-order chi connectivity index (χ0) is 11.8. The van der Waals surface area contributed by atoms with Crippen LogP contribution in [0.2, 0.25) is 5.02 Å². The van der Waals surface area contributed by atoms with Gasteiger partial charge in [0.05, 0.1) is 5.02 Å². The quantitative estimate of drug-likeness (QED) is 0.640. The Morgan fingerprint density at radius 2 is 2.07 bits per heavy atom. The predicted molar refractivity (Wildman–Crippen MR) is 58.3 cm³/mol. The van der Waals surface area contributed by atoms with Gasteiger partial charge in [-0.15, -0.1) is 0 Å². The zero-order valence-electron chi connectivity index (χ0n) is 6.92. The Morgan fingerprint density at radius 3 is 2.47 bits per heavy atom. The van der Waals surface area contributed by atoms with Crippen molar-refractivity contribution in [2.75, 3.05) is 0 Å². The summed E-state index contributed by atoms with van der Waals surface area (Å²) in [6, 6.07) is 0.671. The average molecular weight is 369 g/mol. The number of alkyl halides is 2. The number of hydrogen-bond acceptors (Lipinski definition) is 3. The minimum atomic E-state index is -4.11. The van der Waals surface area contributed by atoms with Crippen LogP contribution in [-0.4, -0.2) is 13.4 Å². The van der Waals surface area contributed by atoms with Crippen LogP contribution in [0, 0.1) is 3.70 Å². The normalized spacial score (nSPS) is 12.1. The third-order valence-corrected chi connectivity index (χ3v) is 3.74. The van der Waals surface area contributed by atoms with E-state index >= 15 is 0 Å². The van der Waals surface area contributed by atoms with Gasteiger partial charge in [-0.05, 0) is 28.7 Å². The van der Waals surface area contributed by atoms with Crippen LogP contribution < -0.4 is 5.14 Å². The molecule has 0 amide bonds. The van der Waals surface area contributed by atoms with Crippen LogP contribution in [0.5, 0.6) is 0 Å². The summed E-state index contributed by atoms with van der Waals surface area (Å²) in [5, 5.41) is 3.88. The highest BCUT2D eigenvalue weighted by atomic mass is 127. The van der Waals surface area contributed by atoms with Gasteiger partial charge in [-0.2, -0.15) is 0 Å². The fourth-order valence-electron chi connectivity index (χ4n) is 0.798. The lowest BCUT2D eigenvalue weighted by molar-refractivity contribution is 0.151. The van der Waals surface area contributed by atoms with Gasteiger partial charge in [-0.3, -0.25) is 0 Å². The maximum atomic E-state index is 12.4. The summed E-state index contributed by atoms with van der Waals surface area (Å²) >= 11 is 7.08. The SMILES string of the molecule is NS(=O)(=O)c1cc(C(F)F)c(Cl)c(I)n1. The van der Waals surface area contributed by atoms with Gasteiger partial charge in [0.1, 0.15) is 3.70 Å². The molecule has 1 aromatic rings. The molecule has 1 rings (SSSR count). The second-order valence-corrected chi connectivity index (χ2v) is 5.41. The molecule has 0 spiro atoms. The van der Waals surface area contributed by atoms with Gasteiger partial charge in [-0.25, -0.2) is 27.3 Å². The van der Waals surface area contributed by atoms with Crippen molar-refractivity contribution in [2.45, 2.75) is 11.5 Å². The Kier molecular flexibility index (Phi) is 3.85. The molecule has 0 bridgehead atoms. The third kappa shape index (κ3) is 2.95. The molecule has 0 aliphatic rings. The smallest absolute Gasteiger partial charge is 0.227 e. The Hall–Kier alpha value is -0.0600. The van der Waals surface area contributed by atoms with Crippen LogP contribution in [-0.2, 0) is 10.0 Å². The van der Waals surface area contributed by atoms with Crippen molar-refractivity contribution in [1.29, 1.82) is 0 Å². The maximum absolute atomic E-state index is 12.4. The molecule has 4 nitrogen and oxygen atoms in total. The molecule has 0 aromatic carbocycles. The lowest BCUT2D eigenvalue weighted by Gasteiger charge is -2.06. The molecule has 15 heavy (non-hydrogen) atoms. The minimum Gasteiger partial charge on any atom is -0.227 e. The molecule has 0 saturated heterocycles. The third-order valence-electron chi connectivity index (χ3n) is 1.45. The Balaban J connectivity index is 3.50. The number of aromatic nitrogens is 1. The number of pyridine rings is 1. The number of halogens is 4. The Morgan fingerprint density at radius 1 is 1.53 bits per heavy atom. The van der Waals surface area contributed by atoms with Crippen LogP contribution in [0.15, 0.2) is 11.1 Å². The molecular formula is C6H4ClF2IN2O2S. The van der Waals surface area contributed by atoms with Crippen LogP contribution in [0.4, 0.5) is 8.78 Å². The van der Waals surface area contributed by atoms with E-state index in [4.69, 9.17) is 16.7 Å². The molecular weight excluding hydrogens is 364 g/mol. The van der Waals surface area contributed by atoms with E-state index in [0.717, 1.165) is 0 Å². The number of nitrogens with zero attached hydrogens (tertiary/aromatic N) is 1. The van der Waals surface area contributed by atoms with Crippen molar-refractivity contribution in [2.24, 2.45) is 5.14 Å². The second-order valence-electron chi connectivity index (χ2n) is 2.50. The fraction of sp³-hybridized carbons (Fsp3) is 0.167. The molecule has 84 valence electrons. The van der Waals surface area contributed by atoms with Crippen molar-refractivity contribution >= 4 is 44.2 Å². The molecule has 0 aliphatic carbocycles. The number of nitrogens with two attached hydrogens (primary N) is 1. The first-order valence-electron chi connectivity index (χ1n) is 3.40. The number of rotatable bonds is 2. The van der Waals surface area contributed by atoms with E-state index in [1.54, 1.807) is 22.6 Å². The van der Waals surface area contributed by atoms with E-state index in [2.05, 4.69) is 4.98 Å². The second kappa shape index (κ2) is 4.44. The average Bonchev–Trinajstić information content (AvgIpc) is 2.06. The number of primary sulfonamides is 1. The van der Waals surface area contributed by atoms with E-state index < -0.39 is 27.0 Å². The summed E-state index contributed by atoms with van der Waals surface area (Å²) in [4.78, 5) is 3.50. The van der Waals surface area contributed by atoms with Gasteiger partial charge in [0.2, 0.25) is 0 Å². The van der Waals surface area contributed by atoms with Crippen LogP contribution in [0.25, 0.3) is 0 Å². The largest absolute Gasteiger partial charge is 0.265 e. The first kappa shape index (κ1) is 13.0. The first-order chi connectivity index (χ1) is 6.73. The summed E-state index contributed by atoms with van der Waals surface area (Å²) in [6.07, 6.45) is -2.88. The van der Waals surface area contributed by atoms with Crippen molar-refractivity contribution < 1.29 is 17.2 Å². The molecule has 1 aromatic heterocycles. The highest BCUT2D eigenvalue weighted by Crippen LogP contribution is 2.31. The number of hydrogen-bond donors (Lipinski definition) is 1. The van der Waals surface area contributed by atoms with Gasteiger partial charge in [0, 0.05) is 5.56 Å². The van der Waals surface area contributed by atoms with Crippen molar-refractivity contribution in [3.63, 3.8) is 0 Å². The van der Waals surface area contributed by atoms with E-state index in [0.29, 0.717) is 6.07 Å². The van der Waals surface area contributed by atoms with E-state index in [1.807, 2.05) is 0 Å². The fourth-order valence-corrected chi connectivity index (χ4v) is 2.22. The topological polar surface area (TPSA) is 73.1 Å². The first-order valence-corrected chi connectivity index (χ1v) is 6.40. The van der Waals surface area contributed by atoms with E-state index in [9.17, 15) is 17.2 Å². The van der Waals surface area contributed by atoms with Crippen molar-refractivity contribution in [3.8, 4) is 0 Å². The standard InChI is InChI=1S/C6H4ClF2IN2O2S/c7-4-2(5(8)9)1-3(12-6(4)10)15(11,13)14/h1,5H,(H2,11,13,14). The molecule has 0 saturated carbocycles. The number of sulfonamides is 1. The molecule has 0 unspecified atom stereocenters. The maximum Gasteiger partial charge on any atom is 0.265 e. The zero-order valence-corrected chi connectivity index (χ0v) is 10.6. The lowest BCUT2D eigenvalue weighted by atomic mass is 10.3. The van der Waals surface area contributed by atoms with E-state index in [-0.39, 0.29) is 8.72 Å².